The largest absolute Gasteiger partial charge is 0.465 e. The van der Waals surface area contributed by atoms with Gasteiger partial charge in [0.05, 0.1) is 12.7 Å². The smallest absolute Gasteiger partial charge is 0.338 e. The Morgan fingerprint density at radius 3 is 2.91 bits per heavy atom. The molecule has 1 rings (SSSR count). The minimum atomic E-state index is -0.368. The molecule has 0 aromatic carbocycles. The number of hydrogen-bond donors (Lipinski definition) is 0. The summed E-state index contributed by atoms with van der Waals surface area (Å²) in [5.41, 5.74) is 0.419. The molecular weight excluding hydrogens is 160 g/mol. The second-order valence-electron chi connectivity index (χ2n) is 1.95. The second-order valence-corrected chi connectivity index (χ2v) is 2.90. The Morgan fingerprint density at radius 2 is 2.45 bits per heavy atom. The van der Waals surface area contributed by atoms with E-state index >= 15 is 0 Å². The van der Waals surface area contributed by atoms with Crippen LogP contribution in [0.15, 0.2) is 24.1 Å². The Balaban J connectivity index is 2.79. The predicted molar refractivity (Wildman–Crippen MR) is 45.4 cm³/mol. The van der Waals surface area contributed by atoms with Gasteiger partial charge in [0, 0.05) is 4.88 Å². The van der Waals surface area contributed by atoms with Gasteiger partial charge in [0.15, 0.2) is 0 Å². The van der Waals surface area contributed by atoms with Crippen molar-refractivity contribution >= 4 is 22.9 Å². The molecule has 0 amide bonds. The second kappa shape index (κ2) is 3.34. The lowest BCUT2D eigenvalue weighted by atomic mass is 10.2. The first-order valence-electron chi connectivity index (χ1n) is 3.07. The molecule has 0 N–H and O–H groups in total. The number of carbonyl (C=O) groups is 1. The first-order valence-corrected chi connectivity index (χ1v) is 3.94. The van der Waals surface area contributed by atoms with Crippen molar-refractivity contribution in [2.24, 2.45) is 0 Å². The molecule has 58 valence electrons. The zero-order valence-corrected chi connectivity index (χ0v) is 6.98. The van der Waals surface area contributed by atoms with E-state index in [1.807, 2.05) is 17.5 Å². The van der Waals surface area contributed by atoms with Gasteiger partial charge in [-0.05, 0) is 11.4 Å². The van der Waals surface area contributed by atoms with Crippen LogP contribution >= 0.6 is 11.3 Å². The molecule has 0 radical (unpaired) electrons. The number of ether oxygens (including phenoxy) is 1. The molecule has 0 aliphatic rings. The molecular formula is C8H8O2S. The van der Waals surface area contributed by atoms with E-state index in [9.17, 15) is 4.79 Å². The van der Waals surface area contributed by atoms with Crippen LogP contribution in [0.4, 0.5) is 0 Å². The molecule has 0 saturated carbocycles. The van der Waals surface area contributed by atoms with Crippen LogP contribution in [-0.2, 0) is 9.53 Å². The van der Waals surface area contributed by atoms with E-state index in [2.05, 4.69) is 11.3 Å². The molecule has 0 fully saturated rings. The number of rotatable bonds is 2. The number of methoxy groups -OCH3 is 1. The fourth-order valence-corrected chi connectivity index (χ4v) is 1.36. The minimum absolute atomic E-state index is 0.368. The van der Waals surface area contributed by atoms with Crippen LogP contribution in [0, 0.1) is 0 Å². The van der Waals surface area contributed by atoms with Gasteiger partial charge in [0.2, 0.25) is 0 Å². The highest BCUT2D eigenvalue weighted by Crippen LogP contribution is 2.18. The third kappa shape index (κ3) is 1.68. The quantitative estimate of drug-likeness (QED) is 0.498. The lowest BCUT2D eigenvalue weighted by Gasteiger charge is -1.98. The number of hydrogen-bond acceptors (Lipinski definition) is 3. The molecule has 1 heterocycles. The fraction of sp³-hybridized carbons (Fsp3) is 0.125. The summed E-state index contributed by atoms with van der Waals surface area (Å²) in [6, 6.07) is 3.71. The van der Waals surface area contributed by atoms with Gasteiger partial charge in [-0.2, -0.15) is 0 Å². The maximum atomic E-state index is 10.9. The third-order valence-electron chi connectivity index (χ3n) is 1.25. The van der Waals surface area contributed by atoms with Crippen LogP contribution in [0.2, 0.25) is 0 Å². The zero-order chi connectivity index (χ0) is 8.27. The van der Waals surface area contributed by atoms with Crippen LogP contribution in [0.25, 0.3) is 5.57 Å². The molecule has 11 heavy (non-hydrogen) atoms. The molecule has 0 aliphatic carbocycles. The summed E-state index contributed by atoms with van der Waals surface area (Å²) in [7, 11) is 1.35. The molecule has 0 saturated heterocycles. The highest BCUT2D eigenvalue weighted by atomic mass is 32.1. The van der Waals surface area contributed by atoms with Crippen molar-refractivity contribution in [2.45, 2.75) is 0 Å². The summed E-state index contributed by atoms with van der Waals surface area (Å²) >= 11 is 1.47. The molecule has 2 nitrogen and oxygen atoms in total. The van der Waals surface area contributed by atoms with Crippen molar-refractivity contribution in [1.82, 2.24) is 0 Å². The van der Waals surface area contributed by atoms with Gasteiger partial charge >= 0.3 is 5.97 Å². The molecule has 0 unspecified atom stereocenters. The molecule has 1 aromatic rings. The van der Waals surface area contributed by atoms with Gasteiger partial charge in [-0.3, -0.25) is 0 Å². The van der Waals surface area contributed by atoms with Gasteiger partial charge in [-0.1, -0.05) is 12.6 Å². The first-order chi connectivity index (χ1) is 5.25. The Kier molecular flexibility index (Phi) is 2.44. The molecule has 1 aromatic heterocycles. The van der Waals surface area contributed by atoms with Crippen LogP contribution in [0.1, 0.15) is 4.88 Å². The molecule has 0 spiro atoms. The van der Waals surface area contributed by atoms with Crippen molar-refractivity contribution in [2.75, 3.05) is 7.11 Å². The average molecular weight is 168 g/mol. The predicted octanol–water partition coefficient (Wildman–Crippen LogP) is 1.93. The summed E-state index contributed by atoms with van der Waals surface area (Å²) in [4.78, 5) is 11.8. The molecule has 0 atom stereocenters. The third-order valence-corrected chi connectivity index (χ3v) is 2.18. The lowest BCUT2D eigenvalue weighted by molar-refractivity contribution is -0.133. The van der Waals surface area contributed by atoms with Crippen LogP contribution in [0.3, 0.4) is 0 Å². The standard InChI is InChI=1S/C8H8O2S/c1-6(8(9)10-2)7-4-3-5-11-7/h3-5H,1H2,2H3. The highest BCUT2D eigenvalue weighted by Gasteiger charge is 2.08. The topological polar surface area (TPSA) is 26.3 Å². The minimum Gasteiger partial charge on any atom is -0.465 e. The summed E-state index contributed by atoms with van der Waals surface area (Å²) in [6.45, 7) is 3.60. The Labute approximate surface area is 69.1 Å². The van der Waals surface area contributed by atoms with Crippen LogP contribution in [0.5, 0.6) is 0 Å². The Bertz CT molecular complexity index is 262. The van der Waals surface area contributed by atoms with Gasteiger partial charge in [0.1, 0.15) is 0 Å². The lowest BCUT2D eigenvalue weighted by Crippen LogP contribution is -2.00. The van der Waals surface area contributed by atoms with Crippen molar-refractivity contribution in [3.8, 4) is 0 Å². The van der Waals surface area contributed by atoms with E-state index in [1.165, 1.54) is 18.4 Å². The van der Waals surface area contributed by atoms with E-state index in [4.69, 9.17) is 0 Å². The monoisotopic (exact) mass is 168 g/mol. The summed E-state index contributed by atoms with van der Waals surface area (Å²) in [5, 5.41) is 1.89. The Morgan fingerprint density at radius 1 is 1.73 bits per heavy atom. The summed E-state index contributed by atoms with van der Waals surface area (Å²) in [6.07, 6.45) is 0. The van der Waals surface area contributed by atoms with Gasteiger partial charge in [0.25, 0.3) is 0 Å². The van der Waals surface area contributed by atoms with Crippen molar-refractivity contribution in [3.05, 3.63) is 29.0 Å². The van der Waals surface area contributed by atoms with E-state index in [0.29, 0.717) is 5.57 Å². The molecule has 0 bridgehead atoms. The Hall–Kier alpha value is -1.09. The van der Waals surface area contributed by atoms with Crippen LogP contribution in [-0.4, -0.2) is 13.1 Å². The van der Waals surface area contributed by atoms with Crippen molar-refractivity contribution in [1.29, 1.82) is 0 Å². The van der Waals surface area contributed by atoms with Crippen molar-refractivity contribution in [3.63, 3.8) is 0 Å². The molecule has 3 heteroatoms. The van der Waals surface area contributed by atoms with Gasteiger partial charge in [-0.25, -0.2) is 4.79 Å². The first kappa shape index (κ1) is 8.01. The maximum absolute atomic E-state index is 10.9. The highest BCUT2D eigenvalue weighted by molar-refractivity contribution is 7.11. The van der Waals surface area contributed by atoms with Gasteiger partial charge < -0.3 is 4.74 Å². The normalized spacial score (nSPS) is 9.18. The molecule has 0 aliphatic heterocycles. The number of esters is 1. The SMILES string of the molecule is C=C(C(=O)OC)c1cccs1. The van der Waals surface area contributed by atoms with E-state index in [0.717, 1.165) is 4.88 Å². The number of thiophene rings is 1. The van der Waals surface area contributed by atoms with E-state index in [1.54, 1.807) is 0 Å². The van der Waals surface area contributed by atoms with E-state index < -0.39 is 0 Å². The summed E-state index contributed by atoms with van der Waals surface area (Å²) < 4.78 is 4.50. The summed E-state index contributed by atoms with van der Waals surface area (Å²) in [5.74, 6) is -0.368. The zero-order valence-electron chi connectivity index (χ0n) is 6.16. The van der Waals surface area contributed by atoms with E-state index in [-0.39, 0.29) is 5.97 Å². The fourth-order valence-electron chi connectivity index (χ4n) is 0.674. The van der Waals surface area contributed by atoms with Gasteiger partial charge in [-0.15, -0.1) is 11.3 Å². The maximum Gasteiger partial charge on any atom is 0.338 e. The number of carbonyl (C=O) groups excluding carboxylic acids is 1. The van der Waals surface area contributed by atoms with Crippen molar-refractivity contribution < 1.29 is 9.53 Å². The average Bonchev–Trinajstić information content (AvgIpc) is 2.53. The van der Waals surface area contributed by atoms with Crippen LogP contribution < -0.4 is 0 Å².